The zero-order chi connectivity index (χ0) is 11.3. The molecule has 0 spiro atoms. The topological polar surface area (TPSA) is 75.8 Å². The number of ether oxygens (including phenoxy) is 1. The van der Waals surface area contributed by atoms with Gasteiger partial charge in [-0.3, -0.25) is 0 Å². The standard InChI is InChI=1S/C9H12N2O4.ClH/c1-10(11(13)14)8-2-4-9(5-3-8)15-7-6-12;/h2-5,12H,6-7H2,1H3;1H. The van der Waals surface area contributed by atoms with Crippen molar-refractivity contribution in [3.63, 3.8) is 0 Å². The summed E-state index contributed by atoms with van der Waals surface area (Å²) < 4.78 is 5.11. The molecule has 0 atom stereocenters. The van der Waals surface area contributed by atoms with Crippen molar-refractivity contribution in [2.24, 2.45) is 0 Å². The third kappa shape index (κ3) is 3.92. The molecule has 0 saturated carbocycles. The highest BCUT2D eigenvalue weighted by molar-refractivity contribution is 5.85. The summed E-state index contributed by atoms with van der Waals surface area (Å²) >= 11 is 0. The van der Waals surface area contributed by atoms with E-state index in [1.54, 1.807) is 24.3 Å². The van der Waals surface area contributed by atoms with Crippen LogP contribution in [0, 0.1) is 10.1 Å². The van der Waals surface area contributed by atoms with Gasteiger partial charge in [0.2, 0.25) is 0 Å². The van der Waals surface area contributed by atoms with Crippen molar-refractivity contribution in [2.75, 3.05) is 25.3 Å². The number of hydrogen-bond donors (Lipinski definition) is 1. The second-order valence-electron chi connectivity index (χ2n) is 2.83. The number of halogens is 1. The Kier molecular flexibility index (Phi) is 6.21. The van der Waals surface area contributed by atoms with Gasteiger partial charge < -0.3 is 9.84 Å². The van der Waals surface area contributed by atoms with Crippen LogP contribution in [0.4, 0.5) is 5.69 Å². The number of hydrogen-bond acceptors (Lipinski definition) is 4. The van der Waals surface area contributed by atoms with Gasteiger partial charge in [0.15, 0.2) is 5.03 Å². The van der Waals surface area contributed by atoms with Crippen LogP contribution in [0.25, 0.3) is 0 Å². The van der Waals surface area contributed by atoms with Crippen LogP contribution < -0.4 is 9.75 Å². The molecule has 0 saturated heterocycles. The highest BCUT2D eigenvalue weighted by Crippen LogP contribution is 2.18. The molecule has 0 bridgehead atoms. The van der Waals surface area contributed by atoms with E-state index in [0.717, 1.165) is 5.01 Å². The van der Waals surface area contributed by atoms with E-state index in [1.807, 2.05) is 0 Å². The van der Waals surface area contributed by atoms with Crippen molar-refractivity contribution in [1.82, 2.24) is 0 Å². The minimum atomic E-state index is -0.510. The molecule has 0 amide bonds. The third-order valence-corrected chi connectivity index (χ3v) is 1.82. The zero-order valence-electron chi connectivity index (χ0n) is 8.70. The van der Waals surface area contributed by atoms with Gasteiger partial charge in [-0.05, 0) is 24.3 Å². The summed E-state index contributed by atoms with van der Waals surface area (Å²) in [6.45, 7) is 0.154. The number of rotatable bonds is 5. The molecule has 7 heteroatoms. The van der Waals surface area contributed by atoms with E-state index in [4.69, 9.17) is 9.84 Å². The van der Waals surface area contributed by atoms with Crippen LogP contribution in [0.2, 0.25) is 0 Å². The van der Waals surface area contributed by atoms with Crippen LogP contribution in [-0.2, 0) is 0 Å². The molecule has 0 heterocycles. The Balaban J connectivity index is 0.00000225. The van der Waals surface area contributed by atoms with Crippen LogP contribution in [0.5, 0.6) is 5.75 Å². The molecule has 1 N–H and O–H groups in total. The van der Waals surface area contributed by atoms with Gasteiger partial charge in [0.1, 0.15) is 18.0 Å². The number of nitro groups is 1. The van der Waals surface area contributed by atoms with Crippen LogP contribution in [-0.4, -0.2) is 30.4 Å². The molecule has 0 aliphatic carbocycles. The Morgan fingerprint density at radius 1 is 1.44 bits per heavy atom. The lowest BCUT2D eigenvalue weighted by Crippen LogP contribution is -2.24. The molecule has 16 heavy (non-hydrogen) atoms. The molecule has 0 fully saturated rings. The maximum atomic E-state index is 10.4. The van der Waals surface area contributed by atoms with Crippen molar-refractivity contribution in [3.8, 4) is 5.75 Å². The molecule has 90 valence electrons. The molecule has 0 aliphatic heterocycles. The summed E-state index contributed by atoms with van der Waals surface area (Å²) in [5.41, 5.74) is 0.469. The summed E-state index contributed by atoms with van der Waals surface area (Å²) in [6, 6.07) is 6.39. The van der Waals surface area contributed by atoms with Gasteiger partial charge in [-0.2, -0.15) is 0 Å². The summed E-state index contributed by atoms with van der Waals surface area (Å²) in [7, 11) is 1.36. The second kappa shape index (κ2) is 6.86. The van der Waals surface area contributed by atoms with Crippen LogP contribution in [0.1, 0.15) is 0 Å². The molecule has 0 aliphatic rings. The Bertz CT molecular complexity index is 331. The Morgan fingerprint density at radius 3 is 2.44 bits per heavy atom. The largest absolute Gasteiger partial charge is 0.491 e. The Morgan fingerprint density at radius 2 is 2.00 bits per heavy atom. The molecule has 1 aromatic rings. The summed E-state index contributed by atoms with van der Waals surface area (Å²) in [4.78, 5) is 10.4. The van der Waals surface area contributed by atoms with Crippen molar-refractivity contribution >= 4 is 18.1 Å². The van der Waals surface area contributed by atoms with Crippen LogP contribution in [0.15, 0.2) is 24.3 Å². The molecule has 6 nitrogen and oxygen atoms in total. The first kappa shape index (κ1) is 14.5. The first-order valence-corrected chi connectivity index (χ1v) is 4.37. The summed E-state index contributed by atoms with van der Waals surface area (Å²) in [5.74, 6) is 0.574. The molecule has 1 aromatic carbocycles. The SMILES string of the molecule is CN(c1ccc(OCCO)cc1)[N+](=O)[O-].Cl. The quantitative estimate of drug-likeness (QED) is 0.624. The Labute approximate surface area is 99.0 Å². The average Bonchev–Trinajstić information content (AvgIpc) is 2.26. The van der Waals surface area contributed by atoms with Gasteiger partial charge in [0.05, 0.1) is 13.7 Å². The van der Waals surface area contributed by atoms with E-state index in [-0.39, 0.29) is 25.6 Å². The molecule has 1 rings (SSSR count). The van der Waals surface area contributed by atoms with Gasteiger partial charge >= 0.3 is 0 Å². The maximum Gasteiger partial charge on any atom is 0.164 e. The van der Waals surface area contributed by atoms with Crippen molar-refractivity contribution < 1.29 is 14.9 Å². The fraction of sp³-hybridized carbons (Fsp3) is 0.333. The normalized spacial score (nSPS) is 9.12. The highest BCUT2D eigenvalue weighted by atomic mass is 35.5. The van der Waals surface area contributed by atoms with E-state index in [1.165, 1.54) is 7.05 Å². The second-order valence-corrected chi connectivity index (χ2v) is 2.83. The predicted octanol–water partition coefficient (Wildman–Crippen LogP) is 1.11. The lowest BCUT2D eigenvalue weighted by Gasteiger charge is -2.09. The monoisotopic (exact) mass is 248 g/mol. The van der Waals surface area contributed by atoms with Crippen molar-refractivity contribution in [2.45, 2.75) is 0 Å². The smallest absolute Gasteiger partial charge is 0.164 e. The van der Waals surface area contributed by atoms with Gasteiger partial charge in [0.25, 0.3) is 0 Å². The van der Waals surface area contributed by atoms with Crippen molar-refractivity contribution in [1.29, 1.82) is 0 Å². The number of nitrogens with zero attached hydrogens (tertiary/aromatic N) is 2. The number of hydrazine groups is 1. The van der Waals surface area contributed by atoms with Crippen LogP contribution >= 0.6 is 12.4 Å². The fourth-order valence-electron chi connectivity index (χ4n) is 1.02. The highest BCUT2D eigenvalue weighted by Gasteiger charge is 2.09. The molecular weight excluding hydrogens is 236 g/mol. The predicted molar refractivity (Wildman–Crippen MR) is 61.7 cm³/mol. The van der Waals surface area contributed by atoms with Gasteiger partial charge in [-0.1, -0.05) is 5.01 Å². The average molecular weight is 249 g/mol. The summed E-state index contributed by atoms with van der Waals surface area (Å²) in [6.07, 6.45) is 0. The lowest BCUT2D eigenvalue weighted by atomic mass is 10.3. The lowest BCUT2D eigenvalue weighted by molar-refractivity contribution is -0.490. The zero-order valence-corrected chi connectivity index (χ0v) is 9.51. The number of aliphatic hydroxyl groups excluding tert-OH is 1. The van der Waals surface area contributed by atoms with Gasteiger partial charge in [0, 0.05) is 0 Å². The molecule has 0 unspecified atom stereocenters. The minimum Gasteiger partial charge on any atom is -0.491 e. The van der Waals surface area contributed by atoms with Gasteiger partial charge in [-0.25, -0.2) is 10.1 Å². The third-order valence-electron chi connectivity index (χ3n) is 1.82. The minimum absolute atomic E-state index is 0. The van der Waals surface area contributed by atoms with Crippen LogP contribution in [0.3, 0.4) is 0 Å². The first-order valence-electron chi connectivity index (χ1n) is 4.37. The summed E-state index contributed by atoms with van der Waals surface area (Å²) in [5, 5.41) is 19.3. The van der Waals surface area contributed by atoms with E-state index in [0.29, 0.717) is 11.4 Å². The van der Waals surface area contributed by atoms with E-state index >= 15 is 0 Å². The Hall–Kier alpha value is -1.53. The number of anilines is 1. The van der Waals surface area contributed by atoms with Gasteiger partial charge in [-0.15, -0.1) is 12.4 Å². The van der Waals surface area contributed by atoms with Crippen molar-refractivity contribution in [3.05, 3.63) is 34.4 Å². The molecule has 0 aromatic heterocycles. The number of benzene rings is 1. The van der Waals surface area contributed by atoms with E-state index in [9.17, 15) is 10.1 Å². The van der Waals surface area contributed by atoms with E-state index in [2.05, 4.69) is 0 Å². The molecule has 0 radical (unpaired) electrons. The van der Waals surface area contributed by atoms with E-state index < -0.39 is 5.03 Å². The first-order chi connectivity index (χ1) is 7.15. The maximum absolute atomic E-state index is 10.4. The fourth-order valence-corrected chi connectivity index (χ4v) is 1.02. The number of aliphatic hydroxyl groups is 1. The molecular formula is C9H13ClN2O4.